The van der Waals surface area contributed by atoms with E-state index in [2.05, 4.69) is 5.32 Å². The van der Waals surface area contributed by atoms with Crippen molar-refractivity contribution in [2.45, 2.75) is 51.6 Å². The largest absolute Gasteiger partial charge is 0.497 e. The van der Waals surface area contributed by atoms with E-state index < -0.39 is 16.8 Å². The molecule has 35 heavy (non-hydrogen) atoms. The number of allylic oxidation sites excluding steroid dienone is 3. The molecule has 0 saturated carbocycles. The first-order chi connectivity index (χ1) is 16.7. The summed E-state index contributed by atoms with van der Waals surface area (Å²) in [6.07, 6.45) is 0.556. The Balaban J connectivity index is 1.77. The molecule has 1 N–H and O–H groups in total. The second kappa shape index (κ2) is 9.74. The van der Waals surface area contributed by atoms with E-state index in [9.17, 15) is 19.7 Å². The molecular weight excluding hydrogens is 448 g/mol. The molecule has 0 spiro atoms. The number of hydrogen-bond acceptors (Lipinski definition) is 7. The van der Waals surface area contributed by atoms with Crippen LogP contribution in [-0.4, -0.2) is 29.9 Å². The van der Waals surface area contributed by atoms with Crippen molar-refractivity contribution in [3.63, 3.8) is 0 Å². The van der Waals surface area contributed by atoms with E-state index in [1.165, 1.54) is 12.1 Å². The number of nitrogens with one attached hydrogen (secondary N) is 1. The van der Waals surface area contributed by atoms with Gasteiger partial charge in [-0.1, -0.05) is 24.3 Å². The van der Waals surface area contributed by atoms with Crippen LogP contribution >= 0.6 is 0 Å². The maximum Gasteiger partial charge on any atom is 0.337 e. The molecule has 8 nitrogen and oxygen atoms in total. The number of carbonyl (C=O) groups is 2. The van der Waals surface area contributed by atoms with Gasteiger partial charge in [0.05, 0.1) is 23.7 Å². The molecule has 1 aliphatic heterocycles. The number of rotatable bonds is 6. The number of Topliss-reactive ketones (excluding diaryl/α,β-unsaturated/α-hetero) is 1. The topological polar surface area (TPSA) is 108 Å². The number of hydrogen-bond donors (Lipinski definition) is 1. The van der Waals surface area contributed by atoms with Crippen LogP contribution in [0.1, 0.15) is 56.6 Å². The number of non-ortho nitro benzene ring substituents is 1. The van der Waals surface area contributed by atoms with Gasteiger partial charge in [-0.2, -0.15) is 0 Å². The Morgan fingerprint density at radius 1 is 1.06 bits per heavy atom. The van der Waals surface area contributed by atoms with Gasteiger partial charge in [-0.25, -0.2) is 4.79 Å². The number of ether oxygens (including phenoxy) is 2. The number of nitrogens with zero attached hydrogens (tertiary/aromatic N) is 1. The Morgan fingerprint density at radius 2 is 1.69 bits per heavy atom. The number of dihydropyridines is 1. The van der Waals surface area contributed by atoms with E-state index in [1.54, 1.807) is 40.0 Å². The van der Waals surface area contributed by atoms with Crippen molar-refractivity contribution in [3.8, 4) is 5.75 Å². The third kappa shape index (κ3) is 4.82. The lowest BCUT2D eigenvalue weighted by atomic mass is 9.71. The second-order valence-corrected chi connectivity index (χ2v) is 9.09. The van der Waals surface area contributed by atoms with Crippen LogP contribution in [0.4, 0.5) is 5.69 Å². The van der Waals surface area contributed by atoms with Crippen LogP contribution in [0.3, 0.4) is 0 Å². The van der Waals surface area contributed by atoms with Gasteiger partial charge in [-0.15, -0.1) is 0 Å². The quantitative estimate of drug-likeness (QED) is 0.358. The molecule has 2 aromatic rings. The number of carbonyl (C=O) groups excluding carboxylic acids is 2. The van der Waals surface area contributed by atoms with Gasteiger partial charge in [0.1, 0.15) is 5.75 Å². The molecule has 2 aromatic carbocycles. The average molecular weight is 477 g/mol. The molecule has 182 valence electrons. The van der Waals surface area contributed by atoms with E-state index in [1.807, 2.05) is 24.3 Å². The van der Waals surface area contributed by atoms with Gasteiger partial charge in [-0.05, 0) is 56.4 Å². The minimum absolute atomic E-state index is 0.0193. The molecule has 0 unspecified atom stereocenters. The molecule has 1 heterocycles. The summed E-state index contributed by atoms with van der Waals surface area (Å²) in [6, 6.07) is 13.7. The molecule has 0 amide bonds. The maximum absolute atomic E-state index is 13.6. The van der Waals surface area contributed by atoms with Crippen molar-refractivity contribution in [1.82, 2.24) is 5.32 Å². The highest BCUT2D eigenvalue weighted by Crippen LogP contribution is 2.46. The SMILES string of the molecule is COc1ccc([C@H]2CC(=O)C3=C(C2)NC(C)=C(C(=O)OC(C)C)[C@@H]3c2ccc([N+](=O)[O-])cc2)cc1. The Kier molecular flexibility index (Phi) is 6.73. The Hall–Kier alpha value is -3.94. The average Bonchev–Trinajstić information content (AvgIpc) is 2.82. The van der Waals surface area contributed by atoms with Crippen LogP contribution in [-0.2, 0) is 14.3 Å². The zero-order chi connectivity index (χ0) is 25.3. The molecule has 1 aliphatic carbocycles. The fourth-order valence-electron chi connectivity index (χ4n) is 4.82. The molecular formula is C27H28N2O6. The summed E-state index contributed by atoms with van der Waals surface area (Å²) in [5.74, 6) is -0.510. The van der Waals surface area contributed by atoms with Gasteiger partial charge < -0.3 is 14.8 Å². The van der Waals surface area contributed by atoms with Crippen LogP contribution in [0.5, 0.6) is 5.75 Å². The molecule has 2 atom stereocenters. The van der Waals surface area contributed by atoms with E-state index in [0.717, 1.165) is 17.0 Å². The highest BCUT2D eigenvalue weighted by atomic mass is 16.6. The smallest absolute Gasteiger partial charge is 0.337 e. The van der Waals surface area contributed by atoms with Crippen molar-refractivity contribution in [2.24, 2.45) is 0 Å². The molecule has 0 fully saturated rings. The lowest BCUT2D eigenvalue weighted by Crippen LogP contribution is -2.36. The number of esters is 1. The molecule has 4 rings (SSSR count). The number of ketones is 1. The maximum atomic E-state index is 13.6. The highest BCUT2D eigenvalue weighted by Gasteiger charge is 2.41. The van der Waals surface area contributed by atoms with Crippen LogP contribution < -0.4 is 10.1 Å². The minimum Gasteiger partial charge on any atom is -0.497 e. The third-order valence-corrected chi connectivity index (χ3v) is 6.41. The first-order valence-corrected chi connectivity index (χ1v) is 11.5. The summed E-state index contributed by atoms with van der Waals surface area (Å²) in [6.45, 7) is 5.32. The van der Waals surface area contributed by atoms with E-state index in [4.69, 9.17) is 9.47 Å². The third-order valence-electron chi connectivity index (χ3n) is 6.41. The van der Waals surface area contributed by atoms with Gasteiger partial charge in [0.25, 0.3) is 5.69 Å². The molecule has 0 radical (unpaired) electrons. The predicted molar refractivity (Wildman–Crippen MR) is 130 cm³/mol. The summed E-state index contributed by atoms with van der Waals surface area (Å²) in [7, 11) is 1.61. The van der Waals surface area contributed by atoms with Crippen molar-refractivity contribution < 1.29 is 24.0 Å². The summed E-state index contributed by atoms with van der Waals surface area (Å²) in [5.41, 5.74) is 3.86. The van der Waals surface area contributed by atoms with Gasteiger partial charge in [0, 0.05) is 41.4 Å². The Bertz CT molecular complexity index is 1230. The normalized spacial score (nSPS) is 19.9. The van der Waals surface area contributed by atoms with E-state index in [-0.39, 0.29) is 23.5 Å². The number of nitro benzene ring substituents is 1. The Labute approximate surface area is 203 Å². The lowest BCUT2D eigenvalue weighted by Gasteiger charge is -2.37. The fraction of sp³-hybridized carbons (Fsp3) is 0.333. The minimum atomic E-state index is -0.664. The molecule has 0 aromatic heterocycles. The summed E-state index contributed by atoms with van der Waals surface area (Å²) >= 11 is 0. The zero-order valence-corrected chi connectivity index (χ0v) is 20.2. The second-order valence-electron chi connectivity index (χ2n) is 9.09. The van der Waals surface area contributed by atoms with E-state index >= 15 is 0 Å². The van der Waals surface area contributed by atoms with Crippen LogP contribution in [0.25, 0.3) is 0 Å². The molecule has 0 bridgehead atoms. The summed E-state index contributed by atoms with van der Waals surface area (Å²) in [4.78, 5) is 37.4. The first kappa shape index (κ1) is 24.2. The summed E-state index contributed by atoms with van der Waals surface area (Å²) < 4.78 is 10.8. The van der Waals surface area contributed by atoms with Crippen LogP contribution in [0.2, 0.25) is 0 Å². The Morgan fingerprint density at radius 3 is 2.26 bits per heavy atom. The van der Waals surface area contributed by atoms with E-state index in [0.29, 0.717) is 35.2 Å². The number of benzene rings is 2. The van der Waals surface area contributed by atoms with Crippen molar-refractivity contribution in [3.05, 3.63) is 92.3 Å². The van der Waals surface area contributed by atoms with Crippen LogP contribution in [0.15, 0.2) is 71.1 Å². The number of methoxy groups -OCH3 is 1. The van der Waals surface area contributed by atoms with Crippen molar-refractivity contribution >= 4 is 17.4 Å². The summed E-state index contributed by atoms with van der Waals surface area (Å²) in [5, 5.41) is 14.5. The van der Waals surface area contributed by atoms with Crippen molar-refractivity contribution in [2.75, 3.05) is 7.11 Å². The molecule has 0 saturated heterocycles. The zero-order valence-electron chi connectivity index (χ0n) is 20.2. The van der Waals surface area contributed by atoms with Crippen LogP contribution in [0, 0.1) is 10.1 Å². The fourth-order valence-corrected chi connectivity index (χ4v) is 4.82. The monoisotopic (exact) mass is 476 g/mol. The predicted octanol–water partition coefficient (Wildman–Crippen LogP) is 4.92. The van der Waals surface area contributed by atoms with Gasteiger partial charge in [0.2, 0.25) is 0 Å². The lowest BCUT2D eigenvalue weighted by molar-refractivity contribution is -0.384. The van der Waals surface area contributed by atoms with Crippen molar-refractivity contribution in [1.29, 1.82) is 0 Å². The molecule has 2 aliphatic rings. The van der Waals surface area contributed by atoms with Gasteiger partial charge in [0.15, 0.2) is 5.78 Å². The molecule has 8 heteroatoms. The highest BCUT2D eigenvalue weighted by molar-refractivity contribution is 6.04. The van der Waals surface area contributed by atoms with Gasteiger partial charge in [-0.3, -0.25) is 14.9 Å². The standard InChI is InChI=1S/C27H28N2O6/c1-15(2)35-27(31)24-16(3)28-22-13-19(17-7-11-21(34-4)12-8-17)14-23(30)26(22)25(24)18-5-9-20(10-6-18)29(32)33/h5-12,15,19,25,28H,13-14H2,1-4H3/t19-,25+/m1/s1. The number of nitro groups is 1. The first-order valence-electron chi connectivity index (χ1n) is 11.5. The van der Waals surface area contributed by atoms with Gasteiger partial charge >= 0.3 is 5.97 Å².